The number of ether oxygens (including phenoxy) is 1. The fourth-order valence-electron chi connectivity index (χ4n) is 2.33. The van der Waals surface area contributed by atoms with Crippen LogP contribution in [0.25, 0.3) is 22.3 Å². The van der Waals surface area contributed by atoms with Crippen LogP contribution in [0.4, 0.5) is 5.69 Å². The Morgan fingerprint density at radius 3 is 2.36 bits per heavy atom. The standard InChI is InChI=1S/C18H17NO3/c1-19(2)13-6-4-12(5-7-13)18-11-16(20)15-10-14(21-3)8-9-17(15)22-18/h4-11H,1-3H3. The molecule has 0 spiro atoms. The van der Waals surface area contributed by atoms with Gasteiger partial charge < -0.3 is 14.1 Å². The van der Waals surface area contributed by atoms with Crippen LogP contribution < -0.4 is 15.1 Å². The fraction of sp³-hybridized carbons (Fsp3) is 0.167. The summed E-state index contributed by atoms with van der Waals surface area (Å²) in [5.74, 6) is 1.20. The van der Waals surface area contributed by atoms with Crippen molar-refractivity contribution in [1.82, 2.24) is 0 Å². The van der Waals surface area contributed by atoms with Gasteiger partial charge in [-0.15, -0.1) is 0 Å². The second-order valence-corrected chi connectivity index (χ2v) is 5.28. The van der Waals surface area contributed by atoms with E-state index in [9.17, 15) is 4.79 Å². The van der Waals surface area contributed by atoms with Crippen LogP contribution in [-0.4, -0.2) is 21.2 Å². The third-order valence-corrected chi connectivity index (χ3v) is 3.60. The Balaban J connectivity index is 2.10. The van der Waals surface area contributed by atoms with E-state index in [0.29, 0.717) is 22.5 Å². The first kappa shape index (κ1) is 14.2. The Morgan fingerprint density at radius 1 is 1.00 bits per heavy atom. The molecule has 0 amide bonds. The molecule has 0 saturated carbocycles. The predicted octanol–water partition coefficient (Wildman–Crippen LogP) is 3.53. The van der Waals surface area contributed by atoms with Crippen molar-refractivity contribution in [3.05, 3.63) is 58.8 Å². The number of benzene rings is 2. The highest BCUT2D eigenvalue weighted by molar-refractivity contribution is 5.80. The summed E-state index contributed by atoms with van der Waals surface area (Å²) < 4.78 is 11.0. The van der Waals surface area contributed by atoms with E-state index in [4.69, 9.17) is 9.15 Å². The van der Waals surface area contributed by atoms with E-state index in [1.54, 1.807) is 25.3 Å². The van der Waals surface area contributed by atoms with Gasteiger partial charge in [-0.1, -0.05) is 0 Å². The van der Waals surface area contributed by atoms with E-state index < -0.39 is 0 Å². The van der Waals surface area contributed by atoms with Crippen molar-refractivity contribution in [3.63, 3.8) is 0 Å². The summed E-state index contributed by atoms with van der Waals surface area (Å²) in [7, 11) is 5.54. The summed E-state index contributed by atoms with van der Waals surface area (Å²) in [6.45, 7) is 0. The lowest BCUT2D eigenvalue weighted by atomic mass is 10.1. The lowest BCUT2D eigenvalue weighted by molar-refractivity contribution is 0.415. The zero-order valence-corrected chi connectivity index (χ0v) is 12.8. The number of hydrogen-bond donors (Lipinski definition) is 0. The monoisotopic (exact) mass is 295 g/mol. The van der Waals surface area contributed by atoms with E-state index in [0.717, 1.165) is 11.3 Å². The van der Waals surface area contributed by atoms with E-state index in [1.165, 1.54) is 6.07 Å². The minimum Gasteiger partial charge on any atom is -0.497 e. The van der Waals surface area contributed by atoms with Gasteiger partial charge in [0, 0.05) is 31.4 Å². The molecular formula is C18H17NO3. The molecule has 0 aliphatic rings. The van der Waals surface area contributed by atoms with Gasteiger partial charge in [-0.3, -0.25) is 4.79 Å². The van der Waals surface area contributed by atoms with Crippen LogP contribution in [0.2, 0.25) is 0 Å². The Hall–Kier alpha value is -2.75. The van der Waals surface area contributed by atoms with E-state index in [2.05, 4.69) is 0 Å². The average molecular weight is 295 g/mol. The van der Waals surface area contributed by atoms with Crippen molar-refractivity contribution in [1.29, 1.82) is 0 Å². The molecule has 0 N–H and O–H groups in total. The number of nitrogens with zero attached hydrogens (tertiary/aromatic N) is 1. The largest absolute Gasteiger partial charge is 0.497 e. The first-order valence-electron chi connectivity index (χ1n) is 6.98. The predicted molar refractivity (Wildman–Crippen MR) is 88.8 cm³/mol. The molecule has 0 unspecified atom stereocenters. The second-order valence-electron chi connectivity index (χ2n) is 5.28. The van der Waals surface area contributed by atoms with Crippen LogP contribution in [-0.2, 0) is 0 Å². The molecule has 22 heavy (non-hydrogen) atoms. The maximum Gasteiger partial charge on any atom is 0.193 e. The highest BCUT2D eigenvalue weighted by Crippen LogP contribution is 2.26. The summed E-state index contributed by atoms with van der Waals surface area (Å²) in [5, 5.41) is 0.521. The van der Waals surface area contributed by atoms with Crippen molar-refractivity contribution < 1.29 is 9.15 Å². The molecular weight excluding hydrogens is 278 g/mol. The molecule has 1 aromatic heterocycles. The summed E-state index contributed by atoms with van der Waals surface area (Å²) in [5.41, 5.74) is 2.45. The van der Waals surface area contributed by atoms with Crippen LogP contribution in [0.15, 0.2) is 57.7 Å². The van der Waals surface area contributed by atoms with Gasteiger partial charge in [-0.05, 0) is 42.5 Å². The van der Waals surface area contributed by atoms with Gasteiger partial charge in [0.2, 0.25) is 0 Å². The van der Waals surface area contributed by atoms with Gasteiger partial charge in [0.25, 0.3) is 0 Å². The van der Waals surface area contributed by atoms with Crippen molar-refractivity contribution in [2.75, 3.05) is 26.1 Å². The van der Waals surface area contributed by atoms with E-state index in [1.807, 2.05) is 43.3 Å². The van der Waals surface area contributed by atoms with Gasteiger partial charge in [-0.2, -0.15) is 0 Å². The SMILES string of the molecule is COc1ccc2oc(-c3ccc(N(C)C)cc3)cc(=O)c2c1. The molecule has 0 fully saturated rings. The molecule has 0 atom stereocenters. The number of hydrogen-bond acceptors (Lipinski definition) is 4. The number of methoxy groups -OCH3 is 1. The molecule has 4 nitrogen and oxygen atoms in total. The summed E-state index contributed by atoms with van der Waals surface area (Å²) in [6, 6.07) is 14.6. The van der Waals surface area contributed by atoms with Crippen molar-refractivity contribution in [3.8, 4) is 17.1 Å². The van der Waals surface area contributed by atoms with Crippen LogP contribution >= 0.6 is 0 Å². The summed E-state index contributed by atoms with van der Waals surface area (Å²) in [6.07, 6.45) is 0. The van der Waals surface area contributed by atoms with Crippen LogP contribution in [0.5, 0.6) is 5.75 Å². The summed E-state index contributed by atoms with van der Waals surface area (Å²) in [4.78, 5) is 14.3. The molecule has 1 heterocycles. The molecule has 3 rings (SSSR count). The zero-order valence-electron chi connectivity index (χ0n) is 12.8. The Labute approximate surface area is 128 Å². The minimum absolute atomic E-state index is 0.0770. The average Bonchev–Trinajstić information content (AvgIpc) is 2.54. The molecule has 2 aromatic carbocycles. The molecule has 3 aromatic rings. The van der Waals surface area contributed by atoms with Crippen LogP contribution in [0, 0.1) is 0 Å². The number of rotatable bonds is 3. The van der Waals surface area contributed by atoms with Crippen molar-refractivity contribution in [2.24, 2.45) is 0 Å². The van der Waals surface area contributed by atoms with Gasteiger partial charge in [0.05, 0.1) is 12.5 Å². The lowest BCUT2D eigenvalue weighted by Crippen LogP contribution is -2.08. The first-order chi connectivity index (χ1) is 10.6. The number of anilines is 1. The van der Waals surface area contributed by atoms with Crippen molar-refractivity contribution in [2.45, 2.75) is 0 Å². The highest BCUT2D eigenvalue weighted by Gasteiger charge is 2.08. The van der Waals surface area contributed by atoms with Gasteiger partial charge in [0.15, 0.2) is 5.43 Å². The third kappa shape index (κ3) is 2.55. The Kier molecular flexibility index (Phi) is 3.59. The van der Waals surface area contributed by atoms with E-state index in [-0.39, 0.29) is 5.43 Å². The molecule has 0 bridgehead atoms. The summed E-state index contributed by atoms with van der Waals surface area (Å²) >= 11 is 0. The Morgan fingerprint density at radius 2 is 1.73 bits per heavy atom. The van der Waals surface area contributed by atoms with Gasteiger partial charge in [-0.25, -0.2) is 0 Å². The van der Waals surface area contributed by atoms with Crippen LogP contribution in [0.3, 0.4) is 0 Å². The van der Waals surface area contributed by atoms with Crippen LogP contribution in [0.1, 0.15) is 0 Å². The molecule has 0 radical (unpaired) electrons. The zero-order chi connectivity index (χ0) is 15.7. The Bertz CT molecular complexity index is 864. The topological polar surface area (TPSA) is 42.7 Å². The molecule has 0 aliphatic carbocycles. The highest BCUT2D eigenvalue weighted by atomic mass is 16.5. The smallest absolute Gasteiger partial charge is 0.193 e. The fourth-order valence-corrected chi connectivity index (χ4v) is 2.33. The quantitative estimate of drug-likeness (QED) is 0.741. The third-order valence-electron chi connectivity index (χ3n) is 3.60. The lowest BCUT2D eigenvalue weighted by Gasteiger charge is -2.12. The maximum atomic E-state index is 12.3. The minimum atomic E-state index is -0.0770. The second kappa shape index (κ2) is 5.56. The van der Waals surface area contributed by atoms with Crippen molar-refractivity contribution >= 4 is 16.7 Å². The first-order valence-corrected chi connectivity index (χ1v) is 6.98. The maximum absolute atomic E-state index is 12.3. The normalized spacial score (nSPS) is 10.7. The van der Waals surface area contributed by atoms with Gasteiger partial charge in [0.1, 0.15) is 17.1 Å². The number of fused-ring (bicyclic) bond motifs is 1. The van der Waals surface area contributed by atoms with E-state index >= 15 is 0 Å². The molecule has 4 heteroatoms. The molecule has 112 valence electrons. The molecule has 0 aliphatic heterocycles. The van der Waals surface area contributed by atoms with Gasteiger partial charge >= 0.3 is 0 Å². The molecule has 0 saturated heterocycles.